The van der Waals surface area contributed by atoms with Gasteiger partial charge in [0.15, 0.2) is 0 Å². The van der Waals surface area contributed by atoms with E-state index in [9.17, 15) is 22.8 Å². The third-order valence-corrected chi connectivity index (χ3v) is 6.30. The van der Waals surface area contributed by atoms with Crippen molar-refractivity contribution in [1.29, 1.82) is 0 Å². The standard InChI is InChI=1S/C30H27F3N4O3/c1-36-19-23(18-35-36)17-27(29(39)40-2)37(20-22-3-8-24(9-4-22)25-13-15-34-16-14-25)28(38)12-7-21-5-10-26(11-6-21)30(31,32)33/h3-16,18-19,27H,17,20H2,1-2H3. The van der Waals surface area contributed by atoms with Crippen LogP contribution >= 0.6 is 0 Å². The molecule has 10 heteroatoms. The van der Waals surface area contributed by atoms with Crippen LogP contribution in [-0.4, -0.2) is 44.7 Å². The predicted molar refractivity (Wildman–Crippen MR) is 143 cm³/mol. The summed E-state index contributed by atoms with van der Waals surface area (Å²) >= 11 is 0. The fraction of sp³-hybridized carbons (Fsp3) is 0.200. The number of amides is 1. The van der Waals surface area contributed by atoms with Crippen molar-refractivity contribution < 1.29 is 27.5 Å². The molecule has 0 spiro atoms. The van der Waals surface area contributed by atoms with E-state index in [0.717, 1.165) is 34.4 Å². The second kappa shape index (κ2) is 12.4. The SMILES string of the molecule is COC(=O)C(Cc1cnn(C)c1)N(Cc1ccc(-c2ccncc2)cc1)C(=O)C=Cc1ccc(C(F)(F)F)cc1. The number of esters is 1. The van der Waals surface area contributed by atoms with Crippen molar-refractivity contribution in [3.05, 3.63) is 114 Å². The zero-order valence-electron chi connectivity index (χ0n) is 21.9. The molecule has 2 aromatic carbocycles. The van der Waals surface area contributed by atoms with E-state index in [1.165, 1.54) is 36.3 Å². The summed E-state index contributed by atoms with van der Waals surface area (Å²) in [4.78, 5) is 31.9. The number of benzene rings is 2. The van der Waals surface area contributed by atoms with Crippen LogP contribution in [0.5, 0.6) is 0 Å². The lowest BCUT2D eigenvalue weighted by Crippen LogP contribution is -2.45. The first kappa shape index (κ1) is 28.3. The summed E-state index contributed by atoms with van der Waals surface area (Å²) in [7, 11) is 3.00. The lowest BCUT2D eigenvalue weighted by molar-refractivity contribution is -0.151. The highest BCUT2D eigenvalue weighted by atomic mass is 19.4. The van der Waals surface area contributed by atoms with E-state index in [4.69, 9.17) is 4.74 Å². The van der Waals surface area contributed by atoms with E-state index in [1.807, 2.05) is 36.4 Å². The van der Waals surface area contributed by atoms with E-state index >= 15 is 0 Å². The average Bonchev–Trinajstić information content (AvgIpc) is 3.38. The van der Waals surface area contributed by atoms with Crippen LogP contribution in [-0.2, 0) is 40.5 Å². The molecule has 4 aromatic rings. The molecule has 0 radical (unpaired) electrons. The molecule has 1 unspecified atom stereocenters. The molecule has 0 N–H and O–H groups in total. The molecular formula is C30H27F3N4O3. The molecule has 4 rings (SSSR count). The van der Waals surface area contributed by atoms with Gasteiger partial charge in [-0.2, -0.15) is 18.3 Å². The largest absolute Gasteiger partial charge is 0.467 e. The number of hydrogen-bond donors (Lipinski definition) is 0. The molecule has 40 heavy (non-hydrogen) atoms. The van der Waals surface area contributed by atoms with Gasteiger partial charge in [0.05, 0.1) is 18.9 Å². The number of halogens is 3. The van der Waals surface area contributed by atoms with Crippen LogP contribution in [0.3, 0.4) is 0 Å². The van der Waals surface area contributed by atoms with Crippen LogP contribution in [0.1, 0.15) is 22.3 Å². The molecule has 0 aliphatic carbocycles. The molecule has 1 amide bonds. The number of carbonyl (C=O) groups excluding carboxylic acids is 2. The van der Waals surface area contributed by atoms with Crippen molar-refractivity contribution >= 4 is 18.0 Å². The van der Waals surface area contributed by atoms with E-state index in [2.05, 4.69) is 10.1 Å². The van der Waals surface area contributed by atoms with Crippen LogP contribution in [0.15, 0.2) is 91.5 Å². The van der Waals surface area contributed by atoms with Gasteiger partial charge in [-0.05, 0) is 58.2 Å². The molecule has 0 aliphatic heterocycles. The summed E-state index contributed by atoms with van der Waals surface area (Å²) in [6.07, 6.45) is 5.13. The fourth-order valence-corrected chi connectivity index (χ4v) is 4.19. The van der Waals surface area contributed by atoms with Gasteiger partial charge >= 0.3 is 12.1 Å². The van der Waals surface area contributed by atoms with E-state index < -0.39 is 29.7 Å². The van der Waals surface area contributed by atoms with Crippen LogP contribution in [0, 0.1) is 0 Å². The smallest absolute Gasteiger partial charge is 0.416 e. The van der Waals surface area contributed by atoms with Gasteiger partial charge in [0.25, 0.3) is 0 Å². The van der Waals surface area contributed by atoms with Gasteiger partial charge in [-0.3, -0.25) is 14.5 Å². The van der Waals surface area contributed by atoms with Gasteiger partial charge in [0.1, 0.15) is 6.04 Å². The quantitative estimate of drug-likeness (QED) is 0.209. The minimum absolute atomic E-state index is 0.0901. The number of hydrogen-bond acceptors (Lipinski definition) is 5. The molecule has 0 aliphatic rings. The van der Waals surface area contributed by atoms with Crippen molar-refractivity contribution in [3.8, 4) is 11.1 Å². The minimum atomic E-state index is -4.46. The van der Waals surface area contributed by atoms with Gasteiger partial charge in [0, 0.05) is 44.7 Å². The molecule has 0 fully saturated rings. The molecule has 2 aromatic heterocycles. The lowest BCUT2D eigenvalue weighted by Gasteiger charge is -2.29. The first-order valence-corrected chi connectivity index (χ1v) is 12.3. The number of aryl methyl sites for hydroxylation is 1. The molecule has 0 saturated heterocycles. The molecule has 2 heterocycles. The maximum atomic E-state index is 13.5. The highest BCUT2D eigenvalue weighted by molar-refractivity contribution is 5.94. The average molecular weight is 549 g/mol. The number of aromatic nitrogens is 3. The third kappa shape index (κ3) is 7.22. The molecule has 206 valence electrons. The van der Waals surface area contributed by atoms with Crippen molar-refractivity contribution in [2.75, 3.05) is 7.11 Å². The zero-order valence-corrected chi connectivity index (χ0v) is 21.9. The Balaban J connectivity index is 1.62. The van der Waals surface area contributed by atoms with Crippen LogP contribution in [0.2, 0.25) is 0 Å². The van der Waals surface area contributed by atoms with Crippen molar-refractivity contribution in [3.63, 3.8) is 0 Å². The second-order valence-electron chi connectivity index (χ2n) is 9.12. The predicted octanol–water partition coefficient (Wildman–Crippen LogP) is 5.33. The van der Waals surface area contributed by atoms with Gasteiger partial charge in [-0.1, -0.05) is 36.4 Å². The molecular weight excluding hydrogens is 521 g/mol. The second-order valence-corrected chi connectivity index (χ2v) is 9.12. The topological polar surface area (TPSA) is 77.3 Å². The minimum Gasteiger partial charge on any atom is -0.467 e. The third-order valence-electron chi connectivity index (χ3n) is 6.30. The van der Waals surface area contributed by atoms with Crippen LogP contribution in [0.25, 0.3) is 17.2 Å². The first-order chi connectivity index (χ1) is 19.1. The van der Waals surface area contributed by atoms with Crippen molar-refractivity contribution in [2.24, 2.45) is 7.05 Å². The number of alkyl halides is 3. The van der Waals surface area contributed by atoms with Crippen molar-refractivity contribution in [2.45, 2.75) is 25.2 Å². The Morgan fingerprint density at radius 3 is 2.20 bits per heavy atom. The monoisotopic (exact) mass is 548 g/mol. The Morgan fingerprint density at radius 1 is 0.975 bits per heavy atom. The Hall–Kier alpha value is -4.73. The zero-order chi connectivity index (χ0) is 28.7. The van der Waals surface area contributed by atoms with E-state index in [0.29, 0.717) is 5.56 Å². The summed E-state index contributed by atoms with van der Waals surface area (Å²) < 4.78 is 45.4. The van der Waals surface area contributed by atoms with Gasteiger partial charge in [0.2, 0.25) is 5.91 Å². The number of rotatable bonds is 9. The molecule has 1 atom stereocenters. The number of nitrogens with zero attached hydrogens (tertiary/aromatic N) is 4. The summed E-state index contributed by atoms with van der Waals surface area (Å²) in [5.41, 5.74) is 3.08. The fourth-order valence-electron chi connectivity index (χ4n) is 4.19. The Labute approximate surface area is 229 Å². The number of ether oxygens (including phenoxy) is 1. The molecule has 0 saturated carbocycles. The van der Waals surface area contributed by atoms with Crippen molar-refractivity contribution in [1.82, 2.24) is 19.7 Å². The lowest BCUT2D eigenvalue weighted by atomic mass is 10.0. The van der Waals surface area contributed by atoms with Gasteiger partial charge < -0.3 is 9.64 Å². The van der Waals surface area contributed by atoms with Crippen LogP contribution < -0.4 is 0 Å². The highest BCUT2D eigenvalue weighted by Crippen LogP contribution is 2.29. The molecule has 7 nitrogen and oxygen atoms in total. The first-order valence-electron chi connectivity index (χ1n) is 12.3. The maximum Gasteiger partial charge on any atom is 0.416 e. The van der Waals surface area contributed by atoms with Gasteiger partial charge in [-0.25, -0.2) is 4.79 Å². The normalized spacial score (nSPS) is 12.3. The van der Waals surface area contributed by atoms with Crippen LogP contribution in [0.4, 0.5) is 13.2 Å². The Morgan fingerprint density at radius 2 is 1.62 bits per heavy atom. The van der Waals surface area contributed by atoms with Gasteiger partial charge in [-0.15, -0.1) is 0 Å². The Kier molecular flexibility index (Phi) is 8.78. The summed E-state index contributed by atoms with van der Waals surface area (Å²) in [6, 6.07) is 14.8. The summed E-state index contributed by atoms with van der Waals surface area (Å²) in [5, 5.41) is 4.14. The Bertz CT molecular complexity index is 1460. The summed E-state index contributed by atoms with van der Waals surface area (Å²) in [5.74, 6) is -1.11. The maximum absolute atomic E-state index is 13.5. The summed E-state index contributed by atoms with van der Waals surface area (Å²) in [6.45, 7) is 0.0901. The highest BCUT2D eigenvalue weighted by Gasteiger charge is 2.31. The van der Waals surface area contributed by atoms with E-state index in [-0.39, 0.29) is 13.0 Å². The number of methoxy groups -OCH3 is 1. The number of pyridine rings is 1. The molecule has 0 bridgehead atoms. The number of carbonyl (C=O) groups is 2. The van der Waals surface area contributed by atoms with E-state index in [1.54, 1.807) is 36.5 Å².